The molecule has 0 atom stereocenters. The fraction of sp³-hybridized carbons (Fsp3) is 1.00. The summed E-state index contributed by atoms with van der Waals surface area (Å²) in [7, 11) is -1.24. The average molecular weight is 384 g/mol. The van der Waals surface area contributed by atoms with Gasteiger partial charge in [0.25, 0.3) is 0 Å². The highest BCUT2D eigenvalue weighted by Crippen LogP contribution is 2.12. The van der Waals surface area contributed by atoms with E-state index in [0.29, 0.717) is 0 Å². The SMILES string of the molecule is CCCO[Si](C)(CI)CI. The van der Waals surface area contributed by atoms with Crippen LogP contribution in [0.25, 0.3) is 0 Å². The van der Waals surface area contributed by atoms with Crippen LogP contribution in [0.2, 0.25) is 6.55 Å². The van der Waals surface area contributed by atoms with E-state index in [1.807, 2.05) is 0 Å². The number of halogens is 2. The zero-order valence-electron chi connectivity index (χ0n) is 6.49. The van der Waals surface area contributed by atoms with Gasteiger partial charge in [-0.15, -0.1) is 0 Å². The summed E-state index contributed by atoms with van der Waals surface area (Å²) in [6, 6.07) is 0. The molecular weight excluding hydrogens is 370 g/mol. The lowest BCUT2D eigenvalue weighted by Gasteiger charge is -2.22. The van der Waals surface area contributed by atoms with Crippen molar-refractivity contribution in [1.29, 1.82) is 0 Å². The molecule has 0 rings (SSSR count). The number of hydrogen-bond acceptors (Lipinski definition) is 1. The monoisotopic (exact) mass is 384 g/mol. The van der Waals surface area contributed by atoms with Gasteiger partial charge in [-0.1, -0.05) is 52.1 Å². The summed E-state index contributed by atoms with van der Waals surface area (Å²) in [5.41, 5.74) is 0. The van der Waals surface area contributed by atoms with Gasteiger partial charge in [-0.05, 0) is 13.0 Å². The van der Waals surface area contributed by atoms with Crippen molar-refractivity contribution in [2.75, 3.05) is 14.7 Å². The second kappa shape index (κ2) is 6.19. The lowest BCUT2D eigenvalue weighted by atomic mass is 10.5. The molecule has 0 aliphatic heterocycles. The first kappa shape index (κ1) is 11.6. The van der Waals surface area contributed by atoms with Gasteiger partial charge < -0.3 is 4.43 Å². The molecule has 0 aromatic carbocycles. The van der Waals surface area contributed by atoms with Crippen molar-refractivity contribution in [2.45, 2.75) is 19.9 Å². The number of hydrogen-bond donors (Lipinski definition) is 0. The van der Waals surface area contributed by atoms with E-state index in [4.69, 9.17) is 4.43 Å². The Labute approximate surface area is 91.7 Å². The molecule has 0 unspecified atom stereocenters. The molecule has 0 amide bonds. The molecule has 10 heavy (non-hydrogen) atoms. The largest absolute Gasteiger partial charge is 0.416 e. The van der Waals surface area contributed by atoms with Crippen LogP contribution in [0.1, 0.15) is 13.3 Å². The molecule has 0 spiro atoms. The van der Waals surface area contributed by atoms with Crippen LogP contribution in [-0.4, -0.2) is 23.0 Å². The number of rotatable bonds is 5. The molecule has 0 bridgehead atoms. The molecule has 0 aliphatic carbocycles. The first-order valence-electron chi connectivity index (χ1n) is 3.44. The van der Waals surface area contributed by atoms with Gasteiger partial charge in [-0.2, -0.15) is 0 Å². The van der Waals surface area contributed by atoms with Gasteiger partial charge >= 0.3 is 0 Å². The third-order valence-corrected chi connectivity index (χ3v) is 12.9. The zero-order valence-corrected chi connectivity index (χ0v) is 11.8. The normalized spacial score (nSPS) is 12.0. The Balaban J connectivity index is 3.58. The van der Waals surface area contributed by atoms with E-state index in [1.54, 1.807) is 0 Å². The fourth-order valence-corrected chi connectivity index (χ4v) is 7.42. The second-order valence-electron chi connectivity index (χ2n) is 2.57. The van der Waals surface area contributed by atoms with E-state index in [9.17, 15) is 0 Å². The molecule has 0 saturated carbocycles. The van der Waals surface area contributed by atoms with Gasteiger partial charge in [0, 0.05) is 14.7 Å². The lowest BCUT2D eigenvalue weighted by Crippen LogP contribution is -2.39. The molecule has 62 valence electrons. The zero-order chi connectivity index (χ0) is 8.04. The molecule has 0 saturated heterocycles. The second-order valence-corrected chi connectivity index (χ2v) is 10.9. The van der Waals surface area contributed by atoms with E-state index < -0.39 is 8.32 Å². The van der Waals surface area contributed by atoms with Crippen LogP contribution in [-0.2, 0) is 4.43 Å². The summed E-state index contributed by atoms with van der Waals surface area (Å²) in [4.78, 5) is 0. The van der Waals surface area contributed by atoms with Gasteiger partial charge in [0.15, 0.2) is 0 Å². The third-order valence-electron chi connectivity index (χ3n) is 1.22. The van der Waals surface area contributed by atoms with E-state index in [-0.39, 0.29) is 0 Å². The molecule has 0 heterocycles. The minimum Gasteiger partial charge on any atom is -0.416 e. The summed E-state index contributed by atoms with van der Waals surface area (Å²) in [5.74, 6) is 0. The van der Waals surface area contributed by atoms with Crippen molar-refractivity contribution in [3.63, 3.8) is 0 Å². The van der Waals surface area contributed by atoms with Crippen LogP contribution in [0.5, 0.6) is 0 Å². The maximum absolute atomic E-state index is 5.80. The van der Waals surface area contributed by atoms with Crippen molar-refractivity contribution in [3.05, 3.63) is 0 Å². The standard InChI is InChI=1S/C6H14I2OSi/c1-3-4-9-10(2,5-7)6-8/h3-6H2,1-2H3. The van der Waals surface area contributed by atoms with Crippen molar-refractivity contribution in [1.82, 2.24) is 0 Å². The molecular formula is C6H14I2OSi. The Morgan fingerprint density at radius 3 is 2.10 bits per heavy atom. The van der Waals surface area contributed by atoms with Crippen LogP contribution >= 0.6 is 45.2 Å². The minimum atomic E-state index is -1.24. The van der Waals surface area contributed by atoms with Gasteiger partial charge in [0.1, 0.15) is 0 Å². The average Bonchev–Trinajstić information content (AvgIpc) is 2.00. The van der Waals surface area contributed by atoms with Crippen molar-refractivity contribution in [3.8, 4) is 0 Å². The number of alkyl halides is 2. The van der Waals surface area contributed by atoms with Gasteiger partial charge in [-0.3, -0.25) is 0 Å². The first-order valence-corrected chi connectivity index (χ1v) is 9.32. The molecule has 0 aliphatic rings. The Kier molecular flexibility index (Phi) is 7.20. The maximum Gasteiger partial charge on any atom is 0.208 e. The Morgan fingerprint density at radius 2 is 1.80 bits per heavy atom. The van der Waals surface area contributed by atoms with Crippen LogP contribution < -0.4 is 0 Å². The Hall–Kier alpha value is 1.64. The molecule has 0 aromatic rings. The molecule has 0 N–H and O–H groups in total. The minimum absolute atomic E-state index is 0.953. The van der Waals surface area contributed by atoms with Gasteiger partial charge in [-0.25, -0.2) is 0 Å². The molecule has 4 heteroatoms. The van der Waals surface area contributed by atoms with Crippen LogP contribution in [0.4, 0.5) is 0 Å². The summed E-state index contributed by atoms with van der Waals surface area (Å²) >= 11 is 4.88. The van der Waals surface area contributed by atoms with E-state index in [2.05, 4.69) is 58.7 Å². The quantitative estimate of drug-likeness (QED) is 0.403. The first-order chi connectivity index (χ1) is 4.68. The summed E-state index contributed by atoms with van der Waals surface area (Å²) < 4.78 is 8.23. The fourth-order valence-electron chi connectivity index (χ4n) is 0.461. The van der Waals surface area contributed by atoms with Crippen LogP contribution in [0.3, 0.4) is 0 Å². The highest BCUT2D eigenvalue weighted by Gasteiger charge is 2.25. The smallest absolute Gasteiger partial charge is 0.208 e. The molecule has 0 fully saturated rings. The Morgan fingerprint density at radius 1 is 1.30 bits per heavy atom. The third kappa shape index (κ3) is 4.50. The van der Waals surface area contributed by atoms with Crippen LogP contribution in [0.15, 0.2) is 0 Å². The topological polar surface area (TPSA) is 9.23 Å². The predicted octanol–water partition coefficient (Wildman–Crippen LogP) is 2.94. The van der Waals surface area contributed by atoms with Gasteiger partial charge in [0.2, 0.25) is 8.32 Å². The maximum atomic E-state index is 5.80. The molecule has 0 aromatic heterocycles. The van der Waals surface area contributed by atoms with Crippen molar-refractivity contribution in [2.24, 2.45) is 0 Å². The van der Waals surface area contributed by atoms with Crippen LogP contribution in [0, 0.1) is 0 Å². The summed E-state index contributed by atoms with van der Waals surface area (Å²) in [6.07, 6.45) is 1.15. The predicted molar refractivity (Wildman–Crippen MR) is 65.6 cm³/mol. The van der Waals surface area contributed by atoms with E-state index in [1.165, 1.54) is 8.10 Å². The summed E-state index contributed by atoms with van der Waals surface area (Å²) in [6.45, 7) is 5.42. The molecule has 0 radical (unpaired) electrons. The lowest BCUT2D eigenvalue weighted by molar-refractivity contribution is 0.311. The van der Waals surface area contributed by atoms with Crippen molar-refractivity contribution < 1.29 is 4.43 Å². The Bertz CT molecular complexity index is 85.8. The van der Waals surface area contributed by atoms with E-state index in [0.717, 1.165) is 13.0 Å². The summed E-state index contributed by atoms with van der Waals surface area (Å²) in [5, 5.41) is 0. The van der Waals surface area contributed by atoms with E-state index >= 15 is 0 Å². The molecule has 1 nitrogen and oxygen atoms in total. The highest BCUT2D eigenvalue weighted by molar-refractivity contribution is 14.1. The van der Waals surface area contributed by atoms with Gasteiger partial charge in [0.05, 0.1) is 0 Å². The highest BCUT2D eigenvalue weighted by atomic mass is 127. The van der Waals surface area contributed by atoms with Crippen molar-refractivity contribution >= 4 is 53.5 Å².